The van der Waals surface area contributed by atoms with Gasteiger partial charge >= 0.3 is 5.97 Å². The molecule has 2 atom stereocenters. The molecule has 0 fully saturated rings. The standard InChI is InChI=1S/C8H17NO4S2/c1-6(5-14-4)9(3)15(12,13)7(2)8(10)11/h6-7H,5H2,1-4H3,(H,10,11). The SMILES string of the molecule is CSCC(C)N(C)S(=O)(=O)C(C)C(=O)O. The molecular weight excluding hydrogens is 238 g/mol. The van der Waals surface area contributed by atoms with Gasteiger partial charge in [-0.3, -0.25) is 4.79 Å². The summed E-state index contributed by atoms with van der Waals surface area (Å²) in [5.41, 5.74) is 0. The molecule has 0 aliphatic heterocycles. The minimum atomic E-state index is -3.74. The minimum absolute atomic E-state index is 0.202. The average Bonchev–Trinajstić information content (AvgIpc) is 2.15. The van der Waals surface area contributed by atoms with Crippen LogP contribution in [0.3, 0.4) is 0 Å². The van der Waals surface area contributed by atoms with Gasteiger partial charge in [0.15, 0.2) is 5.25 Å². The number of sulfonamides is 1. The third kappa shape index (κ3) is 3.66. The number of hydrogen-bond acceptors (Lipinski definition) is 4. The van der Waals surface area contributed by atoms with E-state index in [4.69, 9.17) is 5.11 Å². The van der Waals surface area contributed by atoms with Crippen LogP contribution in [0.15, 0.2) is 0 Å². The van der Waals surface area contributed by atoms with Crippen LogP contribution in [-0.2, 0) is 14.8 Å². The Balaban J connectivity index is 4.80. The molecule has 0 aromatic carbocycles. The first kappa shape index (κ1) is 14.7. The molecule has 15 heavy (non-hydrogen) atoms. The maximum absolute atomic E-state index is 11.7. The van der Waals surface area contributed by atoms with Crippen molar-refractivity contribution in [3.63, 3.8) is 0 Å². The number of carboxylic acid groups (broad SMARTS) is 1. The van der Waals surface area contributed by atoms with E-state index >= 15 is 0 Å². The van der Waals surface area contributed by atoms with E-state index in [9.17, 15) is 13.2 Å². The normalized spacial score (nSPS) is 16.3. The number of aliphatic carboxylic acids is 1. The fraction of sp³-hybridized carbons (Fsp3) is 0.875. The lowest BCUT2D eigenvalue weighted by molar-refractivity contribution is -0.136. The quantitative estimate of drug-likeness (QED) is 0.747. The number of hydrogen-bond donors (Lipinski definition) is 1. The van der Waals surface area contributed by atoms with Crippen molar-refractivity contribution < 1.29 is 18.3 Å². The average molecular weight is 255 g/mol. The van der Waals surface area contributed by atoms with E-state index in [-0.39, 0.29) is 6.04 Å². The highest BCUT2D eigenvalue weighted by Crippen LogP contribution is 2.13. The van der Waals surface area contributed by atoms with Gasteiger partial charge < -0.3 is 5.11 Å². The van der Waals surface area contributed by atoms with Crippen molar-refractivity contribution in [2.75, 3.05) is 19.1 Å². The third-order valence-electron chi connectivity index (χ3n) is 2.22. The number of carbonyl (C=O) groups is 1. The number of nitrogens with zero attached hydrogens (tertiary/aromatic N) is 1. The smallest absolute Gasteiger partial charge is 0.323 e. The van der Waals surface area contributed by atoms with E-state index < -0.39 is 21.2 Å². The molecule has 90 valence electrons. The molecule has 0 aliphatic carbocycles. The predicted molar refractivity (Wildman–Crippen MR) is 61.6 cm³/mol. The van der Waals surface area contributed by atoms with Crippen LogP contribution >= 0.6 is 11.8 Å². The molecule has 0 rings (SSSR count). The molecule has 0 aromatic heterocycles. The van der Waals surface area contributed by atoms with Gasteiger partial charge in [-0.25, -0.2) is 12.7 Å². The third-order valence-corrected chi connectivity index (χ3v) is 5.30. The lowest BCUT2D eigenvalue weighted by Crippen LogP contribution is -2.44. The summed E-state index contributed by atoms with van der Waals surface area (Å²) >= 11 is 1.52. The number of carboxylic acids is 1. The van der Waals surface area contributed by atoms with E-state index in [1.807, 2.05) is 6.26 Å². The first-order valence-corrected chi connectivity index (χ1v) is 7.33. The lowest BCUT2D eigenvalue weighted by atomic mass is 10.4. The number of rotatable bonds is 6. The Morgan fingerprint density at radius 3 is 2.27 bits per heavy atom. The van der Waals surface area contributed by atoms with Gasteiger partial charge in [0.05, 0.1) is 0 Å². The van der Waals surface area contributed by atoms with E-state index in [1.165, 1.54) is 25.7 Å². The van der Waals surface area contributed by atoms with Crippen LogP contribution in [0.1, 0.15) is 13.8 Å². The van der Waals surface area contributed by atoms with Crippen LogP contribution in [0.5, 0.6) is 0 Å². The molecule has 0 spiro atoms. The molecule has 0 radical (unpaired) electrons. The monoisotopic (exact) mass is 255 g/mol. The summed E-state index contributed by atoms with van der Waals surface area (Å²) in [5, 5.41) is 7.27. The highest BCUT2D eigenvalue weighted by atomic mass is 32.2. The van der Waals surface area contributed by atoms with Crippen molar-refractivity contribution >= 4 is 27.8 Å². The highest BCUT2D eigenvalue weighted by molar-refractivity contribution is 7.98. The van der Waals surface area contributed by atoms with Gasteiger partial charge in [-0.15, -0.1) is 0 Å². The Kier molecular flexibility index (Phi) is 5.61. The summed E-state index contributed by atoms with van der Waals surface area (Å²) in [6.45, 7) is 2.93. The first-order chi connectivity index (χ1) is 6.75. The summed E-state index contributed by atoms with van der Waals surface area (Å²) in [7, 11) is -2.33. The van der Waals surface area contributed by atoms with Gasteiger partial charge in [0.25, 0.3) is 0 Å². The van der Waals surface area contributed by atoms with Crippen molar-refractivity contribution in [1.29, 1.82) is 0 Å². The van der Waals surface area contributed by atoms with E-state index in [2.05, 4.69) is 0 Å². The van der Waals surface area contributed by atoms with Gasteiger partial charge in [0, 0.05) is 18.8 Å². The molecule has 7 heteroatoms. The predicted octanol–water partition coefficient (Wildman–Crippen LogP) is 0.473. The second-order valence-electron chi connectivity index (χ2n) is 3.35. The zero-order valence-corrected chi connectivity index (χ0v) is 10.9. The Morgan fingerprint density at radius 1 is 1.47 bits per heavy atom. The fourth-order valence-electron chi connectivity index (χ4n) is 0.974. The maximum Gasteiger partial charge on any atom is 0.323 e. The summed E-state index contributed by atoms with van der Waals surface area (Å²) in [4.78, 5) is 10.6. The van der Waals surface area contributed by atoms with Gasteiger partial charge in [0.1, 0.15) is 0 Å². The van der Waals surface area contributed by atoms with E-state index in [1.54, 1.807) is 6.92 Å². The summed E-state index contributed by atoms with van der Waals surface area (Å²) in [5.74, 6) is -0.680. The Morgan fingerprint density at radius 2 is 1.93 bits per heavy atom. The zero-order valence-electron chi connectivity index (χ0n) is 9.30. The number of thioether (sulfide) groups is 1. The van der Waals surface area contributed by atoms with Crippen molar-refractivity contribution in [3.05, 3.63) is 0 Å². The lowest BCUT2D eigenvalue weighted by Gasteiger charge is -2.25. The molecule has 0 aliphatic rings. The second-order valence-corrected chi connectivity index (χ2v) is 6.57. The molecule has 0 saturated carbocycles. The molecule has 1 N–H and O–H groups in total. The summed E-state index contributed by atoms with van der Waals surface area (Å²) < 4.78 is 24.6. The van der Waals surface area contributed by atoms with Crippen LogP contribution < -0.4 is 0 Å². The summed E-state index contributed by atoms with van der Waals surface area (Å²) in [6, 6.07) is -0.202. The molecule has 5 nitrogen and oxygen atoms in total. The molecule has 0 saturated heterocycles. The molecule has 0 amide bonds. The van der Waals surface area contributed by atoms with Crippen LogP contribution in [0.4, 0.5) is 0 Å². The van der Waals surface area contributed by atoms with Crippen molar-refractivity contribution in [1.82, 2.24) is 4.31 Å². The Bertz CT molecular complexity index is 315. The largest absolute Gasteiger partial charge is 0.480 e. The van der Waals surface area contributed by atoms with Crippen LogP contribution in [0.2, 0.25) is 0 Å². The maximum atomic E-state index is 11.7. The minimum Gasteiger partial charge on any atom is -0.480 e. The Hall–Kier alpha value is -0.270. The van der Waals surface area contributed by atoms with Crippen molar-refractivity contribution in [3.8, 4) is 0 Å². The van der Waals surface area contributed by atoms with Gasteiger partial charge in [-0.2, -0.15) is 11.8 Å². The molecule has 2 unspecified atom stereocenters. The topological polar surface area (TPSA) is 74.7 Å². The molecular formula is C8H17NO4S2. The van der Waals surface area contributed by atoms with Crippen LogP contribution in [-0.4, -0.2) is 54.1 Å². The summed E-state index contributed by atoms with van der Waals surface area (Å²) in [6.07, 6.45) is 1.87. The van der Waals surface area contributed by atoms with Crippen molar-refractivity contribution in [2.45, 2.75) is 25.1 Å². The Labute approximate surface area is 94.9 Å². The van der Waals surface area contributed by atoms with Gasteiger partial charge in [-0.05, 0) is 20.1 Å². The van der Waals surface area contributed by atoms with E-state index in [0.717, 1.165) is 4.31 Å². The molecule has 0 heterocycles. The van der Waals surface area contributed by atoms with Gasteiger partial charge in [0.2, 0.25) is 10.0 Å². The van der Waals surface area contributed by atoms with Crippen molar-refractivity contribution in [2.24, 2.45) is 0 Å². The van der Waals surface area contributed by atoms with E-state index in [0.29, 0.717) is 5.75 Å². The van der Waals surface area contributed by atoms with Gasteiger partial charge in [-0.1, -0.05) is 0 Å². The van der Waals surface area contributed by atoms with Crippen LogP contribution in [0, 0.1) is 0 Å². The zero-order chi connectivity index (χ0) is 12.2. The fourth-order valence-corrected chi connectivity index (χ4v) is 3.10. The first-order valence-electron chi connectivity index (χ1n) is 4.43. The second kappa shape index (κ2) is 5.72. The van der Waals surface area contributed by atoms with Crippen LogP contribution in [0.25, 0.3) is 0 Å². The molecule has 0 aromatic rings. The highest BCUT2D eigenvalue weighted by Gasteiger charge is 2.33. The molecule has 0 bridgehead atoms.